The highest BCUT2D eigenvalue weighted by Gasteiger charge is 2.16. The Bertz CT molecular complexity index is 607. The maximum atomic E-state index is 10.6. The molecule has 2 N–H and O–H groups in total. The highest BCUT2D eigenvalue weighted by Crippen LogP contribution is 2.26. The molecule has 19 heavy (non-hydrogen) atoms. The van der Waals surface area contributed by atoms with E-state index in [0.717, 1.165) is 22.4 Å². The molecule has 1 aromatic heterocycles. The zero-order chi connectivity index (χ0) is 14.0. The molecule has 0 fully saturated rings. The lowest BCUT2D eigenvalue weighted by Crippen LogP contribution is -2.17. The van der Waals surface area contributed by atoms with Gasteiger partial charge in [-0.3, -0.25) is 0 Å². The maximum absolute atomic E-state index is 10.6. The molecule has 0 radical (unpaired) electrons. The molecular formula is C13H16ClN3O2. The van der Waals surface area contributed by atoms with Crippen molar-refractivity contribution in [3.05, 3.63) is 29.6 Å². The van der Waals surface area contributed by atoms with E-state index in [1.807, 2.05) is 36.6 Å². The van der Waals surface area contributed by atoms with Crippen LogP contribution in [-0.4, -0.2) is 22.3 Å². The number of carbonyl (C=O) groups excluding carboxylic acids is 1. The molecule has 0 bridgehead atoms. The molecule has 1 amide bonds. The molecular weight excluding hydrogens is 266 g/mol. The predicted octanol–water partition coefficient (Wildman–Crippen LogP) is 2.74. The number of fused-ring (bicyclic) bond motifs is 1. The van der Waals surface area contributed by atoms with Crippen LogP contribution in [0.3, 0.4) is 0 Å². The van der Waals surface area contributed by atoms with Crippen LogP contribution in [0.15, 0.2) is 18.2 Å². The fourth-order valence-electron chi connectivity index (χ4n) is 2.15. The first-order valence-electron chi connectivity index (χ1n) is 6.02. The van der Waals surface area contributed by atoms with E-state index < -0.39 is 6.09 Å². The SMILES string of the molecule is Cc1cccc2nc(C(C)Cl)n(CCOC(N)=O)c12. The number of nitrogens with two attached hydrogens (primary N) is 1. The average Bonchev–Trinajstić information content (AvgIpc) is 2.69. The molecule has 1 unspecified atom stereocenters. The summed E-state index contributed by atoms with van der Waals surface area (Å²) in [5.41, 5.74) is 7.97. The van der Waals surface area contributed by atoms with E-state index >= 15 is 0 Å². The lowest BCUT2D eigenvalue weighted by atomic mass is 10.2. The number of imidazole rings is 1. The van der Waals surface area contributed by atoms with E-state index in [1.165, 1.54) is 0 Å². The summed E-state index contributed by atoms with van der Waals surface area (Å²) in [7, 11) is 0. The number of nitrogens with zero attached hydrogens (tertiary/aromatic N) is 2. The smallest absolute Gasteiger partial charge is 0.404 e. The first kappa shape index (κ1) is 13.7. The molecule has 1 atom stereocenters. The Balaban J connectivity index is 2.42. The van der Waals surface area contributed by atoms with Crippen molar-refractivity contribution in [2.24, 2.45) is 5.73 Å². The predicted molar refractivity (Wildman–Crippen MR) is 74.3 cm³/mol. The number of amides is 1. The molecule has 5 nitrogen and oxygen atoms in total. The third kappa shape index (κ3) is 2.81. The van der Waals surface area contributed by atoms with Gasteiger partial charge in [-0.05, 0) is 25.5 Å². The number of alkyl halides is 1. The summed E-state index contributed by atoms with van der Waals surface area (Å²) in [4.78, 5) is 15.2. The third-order valence-electron chi connectivity index (χ3n) is 2.91. The first-order chi connectivity index (χ1) is 9.00. The van der Waals surface area contributed by atoms with Crippen LogP contribution in [0.5, 0.6) is 0 Å². The molecule has 2 rings (SSSR count). The van der Waals surface area contributed by atoms with E-state index in [9.17, 15) is 4.79 Å². The molecule has 0 saturated heterocycles. The van der Waals surface area contributed by atoms with Gasteiger partial charge in [0.05, 0.1) is 23.0 Å². The minimum absolute atomic E-state index is 0.200. The van der Waals surface area contributed by atoms with Gasteiger partial charge >= 0.3 is 6.09 Å². The van der Waals surface area contributed by atoms with Crippen LogP contribution in [0.1, 0.15) is 23.7 Å². The van der Waals surface area contributed by atoms with Crippen LogP contribution >= 0.6 is 11.6 Å². The van der Waals surface area contributed by atoms with E-state index in [-0.39, 0.29) is 12.0 Å². The van der Waals surface area contributed by atoms with Crippen LogP contribution in [0, 0.1) is 6.92 Å². The number of hydrogen-bond donors (Lipinski definition) is 1. The number of halogens is 1. The number of primary amides is 1. The number of aromatic nitrogens is 2. The zero-order valence-electron chi connectivity index (χ0n) is 10.9. The van der Waals surface area contributed by atoms with E-state index in [2.05, 4.69) is 4.98 Å². The lowest BCUT2D eigenvalue weighted by Gasteiger charge is -2.11. The summed E-state index contributed by atoms with van der Waals surface area (Å²) >= 11 is 6.16. The van der Waals surface area contributed by atoms with Crippen LogP contribution in [0.2, 0.25) is 0 Å². The van der Waals surface area contributed by atoms with Gasteiger partial charge in [0, 0.05) is 0 Å². The lowest BCUT2D eigenvalue weighted by molar-refractivity contribution is 0.152. The quantitative estimate of drug-likeness (QED) is 0.876. The molecule has 2 aromatic rings. The Kier molecular flexibility index (Phi) is 3.95. The van der Waals surface area contributed by atoms with Crippen molar-refractivity contribution < 1.29 is 9.53 Å². The number of para-hydroxylation sites is 1. The fraction of sp³-hybridized carbons (Fsp3) is 0.385. The number of ether oxygens (including phenoxy) is 1. The molecule has 0 saturated carbocycles. The summed E-state index contributed by atoms with van der Waals surface area (Å²) < 4.78 is 6.76. The molecule has 6 heteroatoms. The van der Waals surface area contributed by atoms with Gasteiger partial charge in [-0.15, -0.1) is 11.6 Å². The molecule has 1 aromatic carbocycles. The largest absolute Gasteiger partial charge is 0.448 e. The number of aryl methyl sites for hydroxylation is 1. The number of benzene rings is 1. The Morgan fingerprint density at radius 1 is 1.58 bits per heavy atom. The molecule has 0 aliphatic heterocycles. The van der Waals surface area contributed by atoms with Crippen molar-refractivity contribution >= 4 is 28.7 Å². The second-order valence-electron chi connectivity index (χ2n) is 4.35. The van der Waals surface area contributed by atoms with Gasteiger partial charge in [0.2, 0.25) is 0 Å². The summed E-state index contributed by atoms with van der Waals surface area (Å²) in [6.07, 6.45) is -0.776. The van der Waals surface area contributed by atoms with Crippen molar-refractivity contribution in [2.45, 2.75) is 25.8 Å². The Hall–Kier alpha value is -1.75. The van der Waals surface area contributed by atoms with Crippen LogP contribution in [-0.2, 0) is 11.3 Å². The van der Waals surface area contributed by atoms with Gasteiger partial charge in [0.1, 0.15) is 12.4 Å². The number of carbonyl (C=O) groups is 1. The summed E-state index contributed by atoms with van der Waals surface area (Å²) in [5, 5.41) is -0.222. The standard InChI is InChI=1S/C13H16ClN3O2/c1-8-4-3-5-10-11(8)17(6-7-19-13(15)18)12(16-10)9(2)14/h3-5,9H,6-7H2,1-2H3,(H2,15,18). The third-order valence-corrected chi connectivity index (χ3v) is 3.11. The van der Waals surface area contributed by atoms with Crippen molar-refractivity contribution in [3.63, 3.8) is 0 Å². The summed E-state index contributed by atoms with van der Waals surface area (Å²) in [6.45, 7) is 4.56. The van der Waals surface area contributed by atoms with Crippen LogP contribution in [0.25, 0.3) is 11.0 Å². The normalized spacial score (nSPS) is 12.6. The van der Waals surface area contributed by atoms with Crippen molar-refractivity contribution in [1.29, 1.82) is 0 Å². The van der Waals surface area contributed by atoms with Gasteiger partial charge in [-0.2, -0.15) is 0 Å². The Morgan fingerprint density at radius 2 is 2.32 bits per heavy atom. The molecule has 0 aliphatic rings. The Morgan fingerprint density at radius 3 is 2.95 bits per heavy atom. The van der Waals surface area contributed by atoms with Crippen molar-refractivity contribution in [3.8, 4) is 0 Å². The number of rotatable bonds is 4. The second kappa shape index (κ2) is 5.48. The highest BCUT2D eigenvalue weighted by atomic mass is 35.5. The summed E-state index contributed by atoms with van der Waals surface area (Å²) in [5.74, 6) is 0.763. The molecule has 0 spiro atoms. The highest BCUT2D eigenvalue weighted by molar-refractivity contribution is 6.20. The van der Waals surface area contributed by atoms with Gasteiger partial charge < -0.3 is 15.0 Å². The zero-order valence-corrected chi connectivity index (χ0v) is 11.6. The van der Waals surface area contributed by atoms with E-state index in [4.69, 9.17) is 22.1 Å². The van der Waals surface area contributed by atoms with E-state index in [1.54, 1.807) is 0 Å². The van der Waals surface area contributed by atoms with Gasteiger partial charge in [-0.25, -0.2) is 9.78 Å². The maximum Gasteiger partial charge on any atom is 0.404 e. The van der Waals surface area contributed by atoms with Crippen LogP contribution in [0.4, 0.5) is 4.79 Å². The molecule has 0 aliphatic carbocycles. The topological polar surface area (TPSA) is 70.1 Å². The molecule has 1 heterocycles. The first-order valence-corrected chi connectivity index (χ1v) is 6.46. The minimum Gasteiger partial charge on any atom is -0.448 e. The van der Waals surface area contributed by atoms with E-state index in [0.29, 0.717) is 6.54 Å². The van der Waals surface area contributed by atoms with Gasteiger partial charge in [-0.1, -0.05) is 12.1 Å². The average molecular weight is 282 g/mol. The summed E-state index contributed by atoms with van der Waals surface area (Å²) in [6, 6.07) is 5.91. The fourth-order valence-corrected chi connectivity index (χ4v) is 2.32. The van der Waals surface area contributed by atoms with Gasteiger partial charge in [0.25, 0.3) is 0 Å². The monoisotopic (exact) mass is 281 g/mol. The number of hydrogen-bond acceptors (Lipinski definition) is 3. The molecule has 102 valence electrons. The van der Waals surface area contributed by atoms with Gasteiger partial charge in [0.15, 0.2) is 0 Å². The van der Waals surface area contributed by atoms with Crippen molar-refractivity contribution in [1.82, 2.24) is 9.55 Å². The second-order valence-corrected chi connectivity index (χ2v) is 5.00. The Labute approximate surface area is 116 Å². The van der Waals surface area contributed by atoms with Crippen LogP contribution < -0.4 is 5.73 Å². The minimum atomic E-state index is -0.776. The van der Waals surface area contributed by atoms with Crippen molar-refractivity contribution in [2.75, 3.05) is 6.61 Å².